The summed E-state index contributed by atoms with van der Waals surface area (Å²) in [5.74, 6) is -1.92. The molecule has 0 unspecified atom stereocenters. The number of nitrogens with one attached hydrogen (secondary N) is 2. The molecule has 0 saturated carbocycles. The minimum absolute atomic E-state index is 0.207. The number of halogens is 1. The lowest BCUT2D eigenvalue weighted by Crippen LogP contribution is -2.30. The van der Waals surface area contributed by atoms with E-state index in [2.05, 4.69) is 26.6 Å². The molecule has 0 radical (unpaired) electrons. The van der Waals surface area contributed by atoms with Gasteiger partial charge in [0.25, 0.3) is 5.91 Å². The van der Waals surface area contributed by atoms with Crippen LogP contribution in [0.25, 0.3) is 0 Å². The van der Waals surface area contributed by atoms with Crippen molar-refractivity contribution in [2.45, 2.75) is 0 Å². The largest absolute Gasteiger partial charge is 0.480 e. The van der Waals surface area contributed by atoms with Crippen LogP contribution in [0, 0.1) is 11.3 Å². The summed E-state index contributed by atoms with van der Waals surface area (Å²) in [5.41, 5.74) is 0.481. The standard InChI is InChI=1S/C12H10BrN3O3/c13-9-2-1-3-10(4-9)15-6-8(5-14)12(19)16-7-11(17)18/h1-4,6,15H,7H2,(H,16,19)(H,17,18)/b8-6-. The van der Waals surface area contributed by atoms with Crippen molar-refractivity contribution in [3.63, 3.8) is 0 Å². The molecule has 0 atom stereocenters. The smallest absolute Gasteiger partial charge is 0.322 e. The monoisotopic (exact) mass is 323 g/mol. The number of rotatable bonds is 5. The Kier molecular flexibility index (Phi) is 5.57. The van der Waals surface area contributed by atoms with Gasteiger partial charge in [0.15, 0.2) is 0 Å². The van der Waals surface area contributed by atoms with Crippen LogP contribution in [0.15, 0.2) is 40.5 Å². The first-order valence-corrected chi connectivity index (χ1v) is 5.94. The van der Waals surface area contributed by atoms with Crippen LogP contribution in [0.5, 0.6) is 0 Å². The molecule has 0 spiro atoms. The molecule has 0 bridgehead atoms. The maximum Gasteiger partial charge on any atom is 0.322 e. The zero-order valence-corrected chi connectivity index (χ0v) is 11.3. The molecule has 1 amide bonds. The number of carboxylic acids is 1. The minimum Gasteiger partial charge on any atom is -0.480 e. The molecule has 3 N–H and O–H groups in total. The lowest BCUT2D eigenvalue weighted by molar-refractivity contribution is -0.137. The molecular weight excluding hydrogens is 314 g/mol. The maximum absolute atomic E-state index is 11.5. The van der Waals surface area contributed by atoms with Gasteiger partial charge in [-0.15, -0.1) is 0 Å². The molecule has 0 aliphatic heterocycles. The summed E-state index contributed by atoms with van der Waals surface area (Å²) in [7, 11) is 0. The number of amides is 1. The van der Waals surface area contributed by atoms with Gasteiger partial charge in [0, 0.05) is 16.4 Å². The molecule has 6 nitrogen and oxygen atoms in total. The second kappa shape index (κ2) is 7.18. The fraction of sp³-hybridized carbons (Fsp3) is 0.0833. The molecular formula is C12H10BrN3O3. The van der Waals surface area contributed by atoms with Gasteiger partial charge in [-0.2, -0.15) is 5.26 Å². The van der Waals surface area contributed by atoms with Gasteiger partial charge >= 0.3 is 5.97 Å². The Morgan fingerprint density at radius 1 is 1.47 bits per heavy atom. The van der Waals surface area contributed by atoms with E-state index in [1.165, 1.54) is 6.20 Å². The number of carbonyl (C=O) groups excluding carboxylic acids is 1. The fourth-order valence-electron chi connectivity index (χ4n) is 1.13. The van der Waals surface area contributed by atoms with Gasteiger partial charge in [-0.1, -0.05) is 22.0 Å². The van der Waals surface area contributed by atoms with Gasteiger partial charge in [-0.25, -0.2) is 0 Å². The van der Waals surface area contributed by atoms with E-state index >= 15 is 0 Å². The Labute approximate surface area is 117 Å². The Hall–Kier alpha value is -2.33. The van der Waals surface area contributed by atoms with Crippen LogP contribution in [-0.4, -0.2) is 23.5 Å². The lowest BCUT2D eigenvalue weighted by Gasteiger charge is -2.03. The van der Waals surface area contributed by atoms with Crippen LogP contribution in [0.4, 0.5) is 5.69 Å². The third-order valence-electron chi connectivity index (χ3n) is 1.97. The molecule has 0 aliphatic rings. The van der Waals surface area contributed by atoms with Crippen LogP contribution in [0.1, 0.15) is 0 Å². The topological polar surface area (TPSA) is 102 Å². The van der Waals surface area contributed by atoms with Gasteiger partial charge in [0.1, 0.15) is 18.2 Å². The Morgan fingerprint density at radius 3 is 2.79 bits per heavy atom. The van der Waals surface area contributed by atoms with Gasteiger partial charge in [-0.05, 0) is 18.2 Å². The molecule has 0 aromatic heterocycles. The number of aliphatic carboxylic acids is 1. The molecule has 0 aliphatic carbocycles. The minimum atomic E-state index is -1.18. The molecule has 98 valence electrons. The van der Waals surface area contributed by atoms with E-state index in [1.54, 1.807) is 24.3 Å². The predicted octanol–water partition coefficient (Wildman–Crippen LogP) is 1.47. The van der Waals surface area contributed by atoms with Crippen molar-refractivity contribution < 1.29 is 14.7 Å². The number of carboxylic acid groups (broad SMARTS) is 1. The number of nitriles is 1. The lowest BCUT2D eigenvalue weighted by atomic mass is 10.3. The van der Waals surface area contributed by atoms with E-state index in [1.807, 2.05) is 6.07 Å². The second-order valence-corrected chi connectivity index (χ2v) is 4.32. The van der Waals surface area contributed by atoms with Crippen molar-refractivity contribution >= 4 is 33.5 Å². The summed E-state index contributed by atoms with van der Waals surface area (Å²) < 4.78 is 0.847. The molecule has 0 heterocycles. The van der Waals surface area contributed by atoms with E-state index in [9.17, 15) is 9.59 Å². The predicted molar refractivity (Wildman–Crippen MR) is 72.1 cm³/mol. The quantitative estimate of drug-likeness (QED) is 0.562. The average Bonchev–Trinajstić information content (AvgIpc) is 2.37. The van der Waals surface area contributed by atoms with Gasteiger partial charge in [0.2, 0.25) is 0 Å². The van der Waals surface area contributed by atoms with E-state index in [4.69, 9.17) is 10.4 Å². The molecule has 7 heteroatoms. The summed E-state index contributed by atoms with van der Waals surface area (Å²) in [6, 6.07) is 8.83. The van der Waals surface area contributed by atoms with Gasteiger partial charge in [-0.3, -0.25) is 9.59 Å². The SMILES string of the molecule is N#C/C(=C/Nc1cccc(Br)c1)C(=O)NCC(=O)O. The van der Waals surface area contributed by atoms with Crippen molar-refractivity contribution in [2.75, 3.05) is 11.9 Å². The summed E-state index contributed by atoms with van der Waals surface area (Å²) in [6.45, 7) is -0.533. The number of hydrogen-bond donors (Lipinski definition) is 3. The number of hydrogen-bond acceptors (Lipinski definition) is 4. The second-order valence-electron chi connectivity index (χ2n) is 3.40. The Morgan fingerprint density at radius 2 is 2.21 bits per heavy atom. The highest BCUT2D eigenvalue weighted by atomic mass is 79.9. The molecule has 1 rings (SSSR count). The normalized spacial score (nSPS) is 10.4. The van der Waals surface area contributed by atoms with E-state index < -0.39 is 18.4 Å². The molecule has 0 saturated heterocycles. The highest BCUT2D eigenvalue weighted by Gasteiger charge is 2.09. The summed E-state index contributed by atoms with van der Waals surface area (Å²) in [4.78, 5) is 21.7. The number of nitrogens with zero attached hydrogens (tertiary/aromatic N) is 1. The van der Waals surface area contributed by atoms with Crippen LogP contribution in [0.3, 0.4) is 0 Å². The van der Waals surface area contributed by atoms with Gasteiger partial charge < -0.3 is 15.7 Å². The van der Waals surface area contributed by atoms with Crippen molar-refractivity contribution in [3.05, 3.63) is 40.5 Å². The highest BCUT2D eigenvalue weighted by Crippen LogP contribution is 2.15. The first-order valence-electron chi connectivity index (χ1n) is 5.15. The molecule has 1 aromatic rings. The van der Waals surface area contributed by atoms with E-state index in [0.717, 1.165) is 4.47 Å². The van der Waals surface area contributed by atoms with Crippen molar-refractivity contribution in [1.29, 1.82) is 5.26 Å². The number of carbonyl (C=O) groups is 2. The first-order chi connectivity index (χ1) is 9.02. The Bertz CT molecular complexity index is 564. The van der Waals surface area contributed by atoms with E-state index in [-0.39, 0.29) is 5.57 Å². The molecule has 0 fully saturated rings. The average molecular weight is 324 g/mol. The third kappa shape index (κ3) is 5.23. The maximum atomic E-state index is 11.5. The van der Waals surface area contributed by atoms with Crippen molar-refractivity contribution in [2.24, 2.45) is 0 Å². The van der Waals surface area contributed by atoms with Crippen molar-refractivity contribution in [1.82, 2.24) is 5.32 Å². The first kappa shape index (κ1) is 14.7. The van der Waals surface area contributed by atoms with Crippen LogP contribution >= 0.6 is 15.9 Å². The summed E-state index contributed by atoms with van der Waals surface area (Å²) in [6.07, 6.45) is 1.22. The third-order valence-corrected chi connectivity index (χ3v) is 2.47. The summed E-state index contributed by atoms with van der Waals surface area (Å²) >= 11 is 3.29. The van der Waals surface area contributed by atoms with Crippen LogP contribution in [-0.2, 0) is 9.59 Å². The zero-order valence-electron chi connectivity index (χ0n) is 9.68. The molecule has 19 heavy (non-hydrogen) atoms. The number of benzene rings is 1. The summed E-state index contributed by atoms with van der Waals surface area (Å²) in [5, 5.41) is 22.1. The van der Waals surface area contributed by atoms with Crippen LogP contribution < -0.4 is 10.6 Å². The van der Waals surface area contributed by atoms with Crippen LogP contribution in [0.2, 0.25) is 0 Å². The van der Waals surface area contributed by atoms with Crippen molar-refractivity contribution in [3.8, 4) is 6.07 Å². The zero-order chi connectivity index (χ0) is 14.3. The highest BCUT2D eigenvalue weighted by molar-refractivity contribution is 9.10. The fourth-order valence-corrected chi connectivity index (χ4v) is 1.53. The van der Waals surface area contributed by atoms with Gasteiger partial charge in [0.05, 0.1) is 0 Å². The van der Waals surface area contributed by atoms with E-state index in [0.29, 0.717) is 5.69 Å². The Balaban J connectivity index is 2.69. The molecule has 1 aromatic carbocycles. The number of anilines is 1.